The molecule has 0 bridgehead atoms. The number of benzene rings is 3. The number of amides is 1. The Morgan fingerprint density at radius 3 is 1.25 bits per heavy atom. The lowest BCUT2D eigenvalue weighted by molar-refractivity contribution is -0.165. The fraction of sp³-hybridized carbons (Fsp3) is 0.192. The summed E-state index contributed by atoms with van der Waals surface area (Å²) >= 11 is 1.64. The van der Waals surface area contributed by atoms with Crippen LogP contribution in [0.5, 0.6) is 0 Å². The van der Waals surface area contributed by atoms with E-state index >= 15 is 0 Å². The monoisotopic (exact) mass is 512 g/mol. The molecule has 36 heavy (non-hydrogen) atoms. The first kappa shape index (κ1) is 28.5. The van der Waals surface area contributed by atoms with Gasteiger partial charge in [-0.1, -0.05) is 91.0 Å². The third-order valence-corrected chi connectivity index (χ3v) is 6.86. The van der Waals surface area contributed by atoms with Crippen molar-refractivity contribution >= 4 is 29.6 Å². The molecule has 0 aliphatic rings. The molecule has 8 N–H and O–H groups in total. The summed E-state index contributed by atoms with van der Waals surface area (Å²) in [6, 6.07) is 30.2. The van der Waals surface area contributed by atoms with Crippen LogP contribution in [0.25, 0.3) is 0 Å². The fourth-order valence-corrected chi connectivity index (χ4v) is 4.84. The molecule has 190 valence electrons. The number of aliphatic hydroxyl groups is 2. The van der Waals surface area contributed by atoms with E-state index in [4.69, 9.17) is 31.9 Å². The Kier molecular flexibility index (Phi) is 10.6. The summed E-state index contributed by atoms with van der Waals surface area (Å²) in [6.07, 6.45) is -4.53. The summed E-state index contributed by atoms with van der Waals surface area (Å²) in [5.74, 6) is -3.60. The summed E-state index contributed by atoms with van der Waals surface area (Å²) < 4.78 is -0.475. The second kappa shape index (κ2) is 13.4. The Morgan fingerprint density at radius 2 is 1.00 bits per heavy atom. The minimum absolute atomic E-state index is 0.425. The molecule has 0 saturated heterocycles. The van der Waals surface area contributed by atoms with Gasteiger partial charge in [0.25, 0.3) is 0 Å². The lowest BCUT2D eigenvalue weighted by Crippen LogP contribution is -2.40. The van der Waals surface area contributed by atoms with Crippen molar-refractivity contribution in [1.82, 2.24) is 0 Å². The molecular weight excluding hydrogens is 484 g/mol. The van der Waals surface area contributed by atoms with E-state index in [1.807, 2.05) is 54.6 Å². The van der Waals surface area contributed by atoms with E-state index in [9.17, 15) is 14.4 Å². The second-order valence-electron chi connectivity index (χ2n) is 7.67. The second-order valence-corrected chi connectivity index (χ2v) is 8.90. The third-order valence-electron chi connectivity index (χ3n) is 5.19. The number of carbonyl (C=O) groups excluding carboxylic acids is 1. The van der Waals surface area contributed by atoms with Gasteiger partial charge in [0, 0.05) is 5.75 Å². The average molecular weight is 513 g/mol. The van der Waals surface area contributed by atoms with Crippen molar-refractivity contribution in [1.29, 1.82) is 0 Å². The van der Waals surface area contributed by atoms with Gasteiger partial charge in [-0.25, -0.2) is 9.59 Å². The molecule has 0 radical (unpaired) electrons. The van der Waals surface area contributed by atoms with Crippen molar-refractivity contribution in [3.63, 3.8) is 0 Å². The Balaban J connectivity index is 0.000000388. The largest absolute Gasteiger partial charge is 0.479 e. The number of hydrogen-bond acceptors (Lipinski definition) is 7. The van der Waals surface area contributed by atoms with Gasteiger partial charge in [-0.3, -0.25) is 4.79 Å². The lowest BCUT2D eigenvalue weighted by atomic mass is 9.84. The van der Waals surface area contributed by atoms with Gasteiger partial charge in [0.2, 0.25) is 5.91 Å². The Bertz CT molecular complexity index is 1020. The van der Waals surface area contributed by atoms with E-state index in [-0.39, 0.29) is 0 Å². The molecule has 0 spiro atoms. The summed E-state index contributed by atoms with van der Waals surface area (Å²) in [5.41, 5.74) is 14.8. The number of rotatable bonds is 10. The predicted octanol–water partition coefficient (Wildman–Crippen LogP) is 1.40. The van der Waals surface area contributed by atoms with Gasteiger partial charge in [-0.15, -0.1) is 11.8 Å². The van der Waals surface area contributed by atoms with E-state index in [2.05, 4.69) is 36.4 Å². The normalized spacial score (nSPS) is 13.4. The molecule has 0 heterocycles. The van der Waals surface area contributed by atoms with Crippen LogP contribution in [0.15, 0.2) is 91.0 Å². The molecular formula is C26H28N2O7S. The van der Waals surface area contributed by atoms with E-state index in [1.165, 1.54) is 0 Å². The highest BCUT2D eigenvalue weighted by Gasteiger charge is 2.37. The van der Waals surface area contributed by atoms with Gasteiger partial charge in [0.05, 0.1) is 10.8 Å². The maximum Gasteiger partial charge on any atom is 0.335 e. The zero-order chi connectivity index (χ0) is 26.7. The zero-order valence-electron chi connectivity index (χ0n) is 19.2. The number of thioether (sulfide) groups is 1. The van der Waals surface area contributed by atoms with Crippen LogP contribution in [-0.2, 0) is 19.1 Å². The van der Waals surface area contributed by atoms with Crippen molar-refractivity contribution in [2.24, 2.45) is 11.5 Å². The quantitative estimate of drug-likeness (QED) is 0.219. The number of hydrogen-bond donors (Lipinski definition) is 6. The van der Waals surface area contributed by atoms with Gasteiger partial charge >= 0.3 is 11.9 Å². The van der Waals surface area contributed by atoms with Crippen LogP contribution in [0.1, 0.15) is 16.7 Å². The van der Waals surface area contributed by atoms with Crippen molar-refractivity contribution < 1.29 is 34.8 Å². The van der Waals surface area contributed by atoms with Crippen LogP contribution in [0.2, 0.25) is 0 Å². The Hall–Kier alpha value is -3.70. The van der Waals surface area contributed by atoms with Crippen molar-refractivity contribution in [3.8, 4) is 0 Å². The van der Waals surface area contributed by atoms with Gasteiger partial charge in [-0.05, 0) is 16.7 Å². The van der Waals surface area contributed by atoms with Gasteiger partial charge < -0.3 is 31.9 Å². The molecule has 9 nitrogen and oxygen atoms in total. The molecule has 3 atom stereocenters. The van der Waals surface area contributed by atoms with E-state index in [1.54, 1.807) is 11.8 Å². The predicted molar refractivity (Wildman–Crippen MR) is 136 cm³/mol. The van der Waals surface area contributed by atoms with Crippen LogP contribution in [-0.4, -0.2) is 62.3 Å². The summed E-state index contributed by atoms with van der Waals surface area (Å²) in [7, 11) is 0. The number of carbonyl (C=O) groups is 3. The smallest absolute Gasteiger partial charge is 0.335 e. The van der Waals surface area contributed by atoms with Crippen molar-refractivity contribution in [2.75, 3.05) is 5.75 Å². The summed E-state index contributed by atoms with van der Waals surface area (Å²) in [6.45, 7) is 0. The third kappa shape index (κ3) is 7.15. The molecule has 3 unspecified atom stereocenters. The van der Waals surface area contributed by atoms with E-state index in [0.717, 1.165) is 16.7 Å². The van der Waals surface area contributed by atoms with Crippen LogP contribution in [0.4, 0.5) is 0 Å². The van der Waals surface area contributed by atoms with Crippen molar-refractivity contribution in [2.45, 2.75) is 23.0 Å². The van der Waals surface area contributed by atoms with Crippen LogP contribution >= 0.6 is 11.8 Å². The average Bonchev–Trinajstić information content (AvgIpc) is 2.90. The standard InChI is InChI=1S/C22H22N2OS.C4H6O6/c23-20(21(24)25)16-26-22(17-10-4-1-5-11-17,18-12-6-2-7-13-18)19-14-8-3-9-15-19;5-1(3(7)8)2(6)4(9)10/h1-15,20H,16,23H2,(H2,24,25);1-2,5-6H,(H,7,8)(H,9,10). The maximum absolute atomic E-state index is 11.5. The fourth-order valence-electron chi connectivity index (χ4n) is 3.34. The van der Waals surface area contributed by atoms with E-state index in [0.29, 0.717) is 5.75 Å². The first-order chi connectivity index (χ1) is 17.1. The number of carboxylic acids is 2. The molecule has 0 aromatic heterocycles. The van der Waals surface area contributed by atoms with Crippen LogP contribution in [0.3, 0.4) is 0 Å². The minimum atomic E-state index is -2.27. The first-order valence-electron chi connectivity index (χ1n) is 10.8. The molecule has 0 aliphatic heterocycles. The SMILES string of the molecule is NC(=O)C(N)CSC(c1ccccc1)(c1ccccc1)c1ccccc1.O=C(O)C(O)C(O)C(=O)O. The first-order valence-corrected chi connectivity index (χ1v) is 11.8. The molecule has 0 fully saturated rings. The minimum Gasteiger partial charge on any atom is -0.479 e. The molecule has 10 heteroatoms. The molecule has 3 aromatic rings. The van der Waals surface area contributed by atoms with Gasteiger partial charge in [0.1, 0.15) is 0 Å². The molecule has 3 aromatic carbocycles. The van der Waals surface area contributed by atoms with Gasteiger partial charge in [-0.2, -0.15) is 0 Å². The van der Waals surface area contributed by atoms with E-state index < -0.39 is 40.8 Å². The highest BCUT2D eigenvalue weighted by atomic mass is 32.2. The topological polar surface area (TPSA) is 184 Å². The number of nitrogens with two attached hydrogens (primary N) is 2. The zero-order valence-corrected chi connectivity index (χ0v) is 20.0. The summed E-state index contributed by atoms with van der Waals surface area (Å²) in [4.78, 5) is 31.1. The number of carboxylic acid groups (broad SMARTS) is 2. The number of aliphatic carboxylic acids is 2. The van der Waals surface area contributed by atoms with Crippen molar-refractivity contribution in [3.05, 3.63) is 108 Å². The van der Waals surface area contributed by atoms with Gasteiger partial charge in [0.15, 0.2) is 12.2 Å². The molecule has 0 saturated carbocycles. The Morgan fingerprint density at radius 1 is 0.694 bits per heavy atom. The van der Waals surface area contributed by atoms with Crippen LogP contribution < -0.4 is 11.5 Å². The van der Waals surface area contributed by atoms with Crippen LogP contribution in [0, 0.1) is 0 Å². The highest BCUT2D eigenvalue weighted by molar-refractivity contribution is 8.00. The number of aliphatic hydroxyl groups excluding tert-OH is 2. The maximum atomic E-state index is 11.5. The lowest BCUT2D eigenvalue weighted by Gasteiger charge is -2.36. The number of primary amides is 1. The highest BCUT2D eigenvalue weighted by Crippen LogP contribution is 2.48. The Labute approximate surface area is 212 Å². The molecule has 3 rings (SSSR count). The molecule has 0 aliphatic carbocycles. The summed E-state index contributed by atoms with van der Waals surface area (Å²) in [5, 5.41) is 32.5. The molecule has 1 amide bonds.